The van der Waals surface area contributed by atoms with Crippen LogP contribution in [0.4, 0.5) is 8.78 Å². The normalized spacial score (nSPS) is 18.3. The molecule has 6 rings (SSSR count). The number of hydrogen-bond acceptors (Lipinski definition) is 9. The number of alkyl halides is 1. The van der Waals surface area contributed by atoms with Crippen LogP contribution in [0.15, 0.2) is 70.9 Å². The minimum absolute atomic E-state index is 0.0353. The fraction of sp³-hybridized carbons (Fsp3) is 0.267. The molecule has 0 bridgehead atoms. The zero-order valence-electron chi connectivity index (χ0n) is 22.9. The van der Waals surface area contributed by atoms with Gasteiger partial charge in [-0.25, -0.2) is 13.8 Å². The number of thiazole rings is 1. The molecular formula is C30H27F2N7O2S. The molecule has 0 saturated carbocycles. The van der Waals surface area contributed by atoms with E-state index in [9.17, 15) is 13.6 Å². The van der Waals surface area contributed by atoms with Gasteiger partial charge < -0.3 is 15.1 Å². The average molecular weight is 588 g/mol. The van der Waals surface area contributed by atoms with Crippen LogP contribution in [0.3, 0.4) is 0 Å². The second-order valence-electron chi connectivity index (χ2n) is 10.7. The summed E-state index contributed by atoms with van der Waals surface area (Å²) < 4.78 is 34.1. The molecule has 2 aromatic carbocycles. The van der Waals surface area contributed by atoms with E-state index in [1.807, 2.05) is 12.3 Å². The second kappa shape index (κ2) is 11.1. The Morgan fingerprint density at radius 3 is 2.67 bits per heavy atom. The van der Waals surface area contributed by atoms with Gasteiger partial charge in [0.1, 0.15) is 17.0 Å². The van der Waals surface area contributed by atoms with Crippen molar-refractivity contribution in [3.05, 3.63) is 100.0 Å². The van der Waals surface area contributed by atoms with Crippen LogP contribution in [0.25, 0.3) is 22.7 Å². The van der Waals surface area contributed by atoms with Crippen molar-refractivity contribution in [3.8, 4) is 22.7 Å². The summed E-state index contributed by atoms with van der Waals surface area (Å²) >= 11 is 1.42. The van der Waals surface area contributed by atoms with Gasteiger partial charge in [-0.15, -0.1) is 21.5 Å². The monoisotopic (exact) mass is 587 g/mol. The van der Waals surface area contributed by atoms with E-state index < -0.39 is 17.8 Å². The first-order valence-corrected chi connectivity index (χ1v) is 14.2. The molecule has 0 radical (unpaired) electrons. The number of carbonyl (C=O) groups excluding carboxylic acids is 1. The smallest absolute Gasteiger partial charge is 0.254 e. The van der Waals surface area contributed by atoms with E-state index in [0.29, 0.717) is 33.8 Å². The molecule has 1 saturated heterocycles. The van der Waals surface area contributed by atoms with E-state index in [-0.39, 0.29) is 36.5 Å². The van der Waals surface area contributed by atoms with Crippen LogP contribution in [-0.2, 0) is 12.0 Å². The van der Waals surface area contributed by atoms with Gasteiger partial charge in [-0.2, -0.15) is 0 Å². The molecule has 1 aliphatic rings. The van der Waals surface area contributed by atoms with Gasteiger partial charge in [-0.05, 0) is 56.2 Å². The third-order valence-electron chi connectivity index (χ3n) is 7.12. The van der Waals surface area contributed by atoms with Crippen molar-refractivity contribution >= 4 is 17.2 Å². The summed E-state index contributed by atoms with van der Waals surface area (Å²) in [5.74, 6) is -0.356. The topological polar surface area (TPSA) is 124 Å². The van der Waals surface area contributed by atoms with E-state index in [2.05, 4.69) is 25.1 Å². The highest BCUT2D eigenvalue weighted by Gasteiger charge is 2.38. The molecule has 1 fully saturated rings. The van der Waals surface area contributed by atoms with Gasteiger partial charge in [0.15, 0.2) is 0 Å². The third kappa shape index (κ3) is 5.68. The molecular weight excluding hydrogens is 560 g/mol. The Hall–Kier alpha value is -4.42. The minimum Gasteiger partial charge on any atom is -0.419 e. The van der Waals surface area contributed by atoms with Crippen LogP contribution in [0.2, 0.25) is 0 Å². The molecule has 4 heterocycles. The summed E-state index contributed by atoms with van der Waals surface area (Å²) in [5.41, 5.74) is 9.05. The number of hydrogen-bond donors (Lipinski definition) is 1. The zero-order valence-corrected chi connectivity index (χ0v) is 23.7. The first kappa shape index (κ1) is 27.7. The maximum absolute atomic E-state index is 14.7. The molecule has 9 nitrogen and oxygen atoms in total. The van der Waals surface area contributed by atoms with E-state index >= 15 is 0 Å². The highest BCUT2D eigenvalue weighted by Crippen LogP contribution is 2.37. The van der Waals surface area contributed by atoms with Gasteiger partial charge in [0.2, 0.25) is 11.8 Å². The van der Waals surface area contributed by atoms with Crippen molar-refractivity contribution in [2.24, 2.45) is 5.73 Å². The lowest BCUT2D eigenvalue weighted by atomic mass is 9.94. The van der Waals surface area contributed by atoms with Gasteiger partial charge in [-0.3, -0.25) is 14.8 Å². The largest absolute Gasteiger partial charge is 0.419 e. The van der Waals surface area contributed by atoms with Crippen LogP contribution < -0.4 is 5.73 Å². The first-order chi connectivity index (χ1) is 20.2. The fourth-order valence-electron chi connectivity index (χ4n) is 5.08. The van der Waals surface area contributed by atoms with Gasteiger partial charge in [0.05, 0.1) is 30.0 Å². The summed E-state index contributed by atoms with van der Waals surface area (Å²) in [6.07, 6.45) is 4.05. The number of halogens is 2. The molecule has 42 heavy (non-hydrogen) atoms. The highest BCUT2D eigenvalue weighted by molar-refractivity contribution is 7.09. The van der Waals surface area contributed by atoms with Crippen LogP contribution in [0.1, 0.15) is 51.9 Å². The maximum atomic E-state index is 14.7. The quantitative estimate of drug-likeness (QED) is 0.267. The average Bonchev–Trinajstić information content (AvgIpc) is 3.74. The molecule has 214 valence electrons. The predicted molar refractivity (Wildman–Crippen MR) is 153 cm³/mol. The number of benzene rings is 2. The molecule has 1 amide bonds. The van der Waals surface area contributed by atoms with Crippen molar-refractivity contribution in [2.75, 3.05) is 6.54 Å². The molecule has 2 N–H and O–H groups in total. The minimum atomic E-state index is -1.16. The maximum Gasteiger partial charge on any atom is 0.254 e. The number of likely N-dealkylation sites (tertiary alicyclic amines) is 1. The Bertz CT molecular complexity index is 1720. The predicted octanol–water partition coefficient (Wildman–Crippen LogP) is 5.44. The van der Waals surface area contributed by atoms with Crippen LogP contribution >= 0.6 is 11.3 Å². The molecule has 3 unspecified atom stereocenters. The number of amides is 1. The molecule has 5 aromatic rings. The molecule has 1 aliphatic heterocycles. The Kier molecular flexibility index (Phi) is 7.33. The fourth-order valence-corrected chi connectivity index (χ4v) is 6.00. The summed E-state index contributed by atoms with van der Waals surface area (Å²) in [7, 11) is 0. The SMILES string of the molecule is Cc1csc(C2CC(F)CN2C(=O)c2cc(-c3cnccn3)cc(-c3nnc(C(C)(N)Cc4ccc(F)cc4)o3)c2)n1. The van der Waals surface area contributed by atoms with E-state index in [1.165, 1.54) is 28.4 Å². The second-order valence-corrected chi connectivity index (χ2v) is 11.5. The van der Waals surface area contributed by atoms with Crippen molar-refractivity contribution in [3.63, 3.8) is 0 Å². The van der Waals surface area contributed by atoms with Gasteiger partial charge in [0, 0.05) is 46.6 Å². The Balaban J connectivity index is 1.36. The summed E-state index contributed by atoms with van der Waals surface area (Å²) in [6, 6.07) is 10.7. The number of aryl methyl sites for hydroxylation is 1. The number of carbonyl (C=O) groups is 1. The van der Waals surface area contributed by atoms with E-state index in [4.69, 9.17) is 10.2 Å². The first-order valence-electron chi connectivity index (χ1n) is 13.3. The molecule has 12 heteroatoms. The lowest BCUT2D eigenvalue weighted by molar-refractivity contribution is 0.0728. The number of nitrogens with zero attached hydrogens (tertiary/aromatic N) is 6. The zero-order chi connectivity index (χ0) is 29.4. The van der Waals surface area contributed by atoms with Crippen molar-refractivity contribution in [1.82, 2.24) is 30.0 Å². The van der Waals surface area contributed by atoms with Crippen molar-refractivity contribution in [1.29, 1.82) is 0 Å². The molecule has 0 aliphatic carbocycles. The summed E-state index contributed by atoms with van der Waals surface area (Å²) in [6.45, 7) is 3.58. The molecule has 0 spiro atoms. The lowest BCUT2D eigenvalue weighted by Gasteiger charge is -2.23. The van der Waals surface area contributed by atoms with Crippen LogP contribution in [0.5, 0.6) is 0 Å². The summed E-state index contributed by atoms with van der Waals surface area (Å²) in [5, 5.41) is 11.0. The Morgan fingerprint density at radius 2 is 1.95 bits per heavy atom. The number of rotatable bonds is 7. The van der Waals surface area contributed by atoms with Crippen molar-refractivity contribution < 1.29 is 18.0 Å². The summed E-state index contributed by atoms with van der Waals surface area (Å²) in [4.78, 5) is 28.5. The van der Waals surface area contributed by atoms with E-state index in [0.717, 1.165) is 11.3 Å². The highest BCUT2D eigenvalue weighted by atomic mass is 32.1. The van der Waals surface area contributed by atoms with Gasteiger partial charge in [0.25, 0.3) is 5.91 Å². The van der Waals surface area contributed by atoms with E-state index in [1.54, 1.807) is 55.8 Å². The molecule has 3 atom stereocenters. The number of nitrogens with two attached hydrogens (primary N) is 1. The van der Waals surface area contributed by atoms with Crippen molar-refractivity contribution in [2.45, 2.75) is 44.4 Å². The van der Waals surface area contributed by atoms with Gasteiger partial charge in [-0.1, -0.05) is 12.1 Å². The Labute approximate surface area is 244 Å². The number of aromatic nitrogens is 5. The van der Waals surface area contributed by atoms with Crippen LogP contribution in [-0.4, -0.2) is 48.7 Å². The Morgan fingerprint density at radius 1 is 1.17 bits per heavy atom. The standard InChI is InChI=1S/C30H27F2N7O2S/c1-17-16-42-27(36-17)25-12-23(32)15-39(25)28(40)21-10-19(24-14-34-7-8-35-24)9-20(11-21)26-37-38-29(41-26)30(2,33)13-18-3-5-22(31)6-4-18/h3-11,14,16,23,25H,12-13,15,33H2,1-2H3. The van der Waals surface area contributed by atoms with Gasteiger partial charge >= 0.3 is 0 Å². The van der Waals surface area contributed by atoms with Crippen LogP contribution in [0, 0.1) is 12.7 Å². The molecule has 3 aromatic heterocycles. The lowest BCUT2D eigenvalue weighted by Crippen LogP contribution is -2.35. The third-order valence-corrected chi connectivity index (χ3v) is 8.18.